The van der Waals surface area contributed by atoms with Gasteiger partial charge in [0, 0.05) is 21.8 Å². The number of hydrogen-bond donors (Lipinski definition) is 8. The maximum Gasteiger partial charge on any atom is 0.335 e. The fraction of sp³-hybridized carbons (Fsp3) is 0. The van der Waals surface area contributed by atoms with E-state index in [0.29, 0.717) is 27.5 Å². The van der Waals surface area contributed by atoms with E-state index in [4.69, 9.17) is 5.73 Å². The number of phenols is 1. The molecule has 0 spiro atoms. The van der Waals surface area contributed by atoms with Crippen molar-refractivity contribution < 1.29 is 37.9 Å². The van der Waals surface area contributed by atoms with E-state index < -0.39 is 38.4 Å². The summed E-state index contributed by atoms with van der Waals surface area (Å²) < 4.78 is 34.0. The van der Waals surface area contributed by atoms with Gasteiger partial charge in [-0.25, -0.2) is 9.59 Å². The normalized spacial score (nSPS) is 11.2. The molecule has 0 bridgehead atoms. The number of benzene rings is 5. The van der Waals surface area contributed by atoms with Crippen LogP contribution in [0.5, 0.6) is 5.75 Å². The van der Waals surface area contributed by atoms with Gasteiger partial charge in [0.2, 0.25) is 0 Å². The fourth-order valence-corrected chi connectivity index (χ4v) is 4.88. The number of carboxylic acids is 2. The molecule has 17 heteroatoms. The number of nitrogens with two attached hydrogens (primary N) is 1. The van der Waals surface area contributed by atoms with Crippen molar-refractivity contribution in [1.82, 2.24) is 18.5 Å². The van der Waals surface area contributed by atoms with E-state index in [9.17, 15) is 37.9 Å². The van der Waals surface area contributed by atoms with Crippen LogP contribution in [0.3, 0.4) is 0 Å². The zero-order valence-electron chi connectivity index (χ0n) is 23.3. The molecule has 0 atom stereocenters. The Morgan fingerprint density at radius 1 is 0.667 bits per heavy atom. The monoisotopic (exact) mass is 636 g/mol. The lowest BCUT2D eigenvalue weighted by Gasteiger charge is -2.09. The summed E-state index contributed by atoms with van der Waals surface area (Å²) in [4.78, 5) is 22.2. The molecule has 0 saturated heterocycles. The van der Waals surface area contributed by atoms with Crippen molar-refractivity contribution in [3.05, 3.63) is 90.0 Å². The Balaban J connectivity index is 0.00000235. The van der Waals surface area contributed by atoms with Crippen LogP contribution < -0.4 is 24.2 Å². The number of azo groups is 2. The minimum Gasteiger partial charge on any atom is -0.505 e. The molecule has 0 radical (unpaired) electrons. The van der Waals surface area contributed by atoms with E-state index >= 15 is 0 Å². The smallest absolute Gasteiger partial charge is 0.335 e. The summed E-state index contributed by atoms with van der Waals surface area (Å²) in [5.41, 5.74) is 5.67. The number of anilines is 1. The molecule has 0 heterocycles. The summed E-state index contributed by atoms with van der Waals surface area (Å²) in [6.45, 7) is 0. The Morgan fingerprint density at radius 3 is 1.71 bits per heavy atom. The molecule has 0 unspecified atom stereocenters. The van der Waals surface area contributed by atoms with Crippen LogP contribution >= 0.6 is 0 Å². The van der Waals surface area contributed by atoms with Crippen molar-refractivity contribution in [2.75, 3.05) is 5.73 Å². The van der Waals surface area contributed by atoms with Gasteiger partial charge >= 0.3 is 11.9 Å². The Kier molecular flexibility index (Phi) is 10.7. The number of fused-ring (bicyclic) bond motifs is 2. The van der Waals surface area contributed by atoms with Gasteiger partial charge in [-0.1, -0.05) is 30.3 Å². The fourth-order valence-electron chi connectivity index (χ4n) is 4.22. The molecule has 0 fully saturated rings. The highest BCUT2D eigenvalue weighted by molar-refractivity contribution is 7.86. The number of hydrogen-bond acceptors (Lipinski definition) is 13. The molecule has 0 aliphatic rings. The lowest BCUT2D eigenvalue weighted by molar-refractivity contribution is 0.0696. The third kappa shape index (κ3) is 7.21. The molecule has 0 aromatic heterocycles. The molecule has 16 nitrogen and oxygen atoms in total. The largest absolute Gasteiger partial charge is 0.505 e. The Morgan fingerprint density at radius 2 is 1.20 bits per heavy atom. The third-order valence-corrected chi connectivity index (χ3v) is 7.04. The van der Waals surface area contributed by atoms with Gasteiger partial charge < -0.3 is 39.5 Å². The second-order valence-corrected chi connectivity index (χ2v) is 10.3. The van der Waals surface area contributed by atoms with Crippen LogP contribution in [0.2, 0.25) is 0 Å². The maximum atomic E-state index is 12.1. The van der Waals surface area contributed by atoms with Gasteiger partial charge in [0.15, 0.2) is 5.75 Å². The van der Waals surface area contributed by atoms with Crippen LogP contribution in [0.15, 0.2) is 104 Å². The highest BCUT2D eigenvalue weighted by Crippen LogP contribution is 2.43. The van der Waals surface area contributed by atoms with E-state index in [2.05, 4.69) is 20.5 Å². The molecule has 5 aromatic carbocycles. The van der Waals surface area contributed by atoms with Crippen molar-refractivity contribution in [3.63, 3.8) is 0 Å². The SMILES string of the molecule is N.N.N.Nc1ccc2cc(S(=O)(=O)O)c(N=Nc3ccc(N=Nc4cc(C(=O)O)cc(C(=O)O)c4)c4ccccc34)c(O)c2c1. The van der Waals surface area contributed by atoms with Gasteiger partial charge in [0.05, 0.1) is 28.2 Å². The van der Waals surface area contributed by atoms with Crippen molar-refractivity contribution >= 4 is 72.0 Å². The summed E-state index contributed by atoms with van der Waals surface area (Å²) in [5.74, 6) is -3.20. The minimum absolute atomic E-state index is 0. The van der Waals surface area contributed by atoms with Gasteiger partial charge in [0.1, 0.15) is 10.6 Å². The summed E-state index contributed by atoms with van der Waals surface area (Å²) in [7, 11) is -4.81. The molecular weight excluding hydrogens is 608 g/mol. The zero-order valence-corrected chi connectivity index (χ0v) is 24.1. The van der Waals surface area contributed by atoms with E-state index in [1.165, 1.54) is 42.5 Å². The lowest BCUT2D eigenvalue weighted by Crippen LogP contribution is -2.01. The number of nitrogen functional groups attached to an aromatic ring is 1. The van der Waals surface area contributed by atoms with Crippen LogP contribution in [-0.4, -0.2) is 40.2 Å². The molecule has 0 saturated carbocycles. The van der Waals surface area contributed by atoms with Gasteiger partial charge in [-0.05, 0) is 53.9 Å². The van der Waals surface area contributed by atoms with Crippen molar-refractivity contribution in [1.29, 1.82) is 0 Å². The average Bonchev–Trinajstić information content (AvgIpc) is 2.95. The molecule has 0 amide bonds. The zero-order chi connectivity index (χ0) is 30.2. The number of carbonyl (C=O) groups is 2. The highest BCUT2D eigenvalue weighted by atomic mass is 32.2. The number of nitrogens with zero attached hydrogens (tertiary/aromatic N) is 4. The van der Waals surface area contributed by atoms with Crippen LogP contribution in [-0.2, 0) is 10.1 Å². The molecule has 5 rings (SSSR count). The standard InChI is InChI=1S/C28H19N5O8S.3H3N/c29-17-6-5-14-12-24(42(39,40)41)25(26(34)21(14)13-17)33-32-23-8-7-22(19-3-1-2-4-20(19)23)31-30-18-10-15(27(35)36)9-16(11-18)28(37)38;;;/h1-13,34H,29H2,(H,35,36)(H,37,38)(H,39,40,41);3*1H3. The van der Waals surface area contributed by atoms with Crippen molar-refractivity contribution in [3.8, 4) is 5.75 Å². The lowest BCUT2D eigenvalue weighted by atomic mass is 10.1. The summed E-state index contributed by atoms with van der Waals surface area (Å²) >= 11 is 0. The number of rotatable bonds is 7. The quantitative estimate of drug-likeness (QED) is 0.0497. The summed E-state index contributed by atoms with van der Waals surface area (Å²) in [6, 6.07) is 18.8. The number of aromatic hydroxyl groups is 1. The van der Waals surface area contributed by atoms with E-state index in [1.54, 1.807) is 24.3 Å². The molecular formula is C28H28N8O8S. The minimum atomic E-state index is -4.81. The summed E-state index contributed by atoms with van der Waals surface area (Å²) in [5, 5.41) is 47.3. The van der Waals surface area contributed by atoms with E-state index in [1.807, 2.05) is 0 Å². The maximum absolute atomic E-state index is 12.1. The van der Waals surface area contributed by atoms with Crippen LogP contribution in [0.4, 0.5) is 28.4 Å². The molecule has 0 aliphatic carbocycles. The summed E-state index contributed by atoms with van der Waals surface area (Å²) in [6.07, 6.45) is 0. The first kappa shape index (κ1) is 35.3. The van der Waals surface area contributed by atoms with E-state index in [-0.39, 0.29) is 46.3 Å². The predicted octanol–water partition coefficient (Wildman–Crippen LogP) is 7.24. The third-order valence-electron chi connectivity index (χ3n) is 6.18. The predicted molar refractivity (Wildman–Crippen MR) is 168 cm³/mol. The second-order valence-electron chi connectivity index (χ2n) is 8.96. The highest BCUT2D eigenvalue weighted by Gasteiger charge is 2.22. The van der Waals surface area contributed by atoms with Crippen molar-refractivity contribution in [2.24, 2.45) is 20.5 Å². The molecule has 234 valence electrons. The van der Waals surface area contributed by atoms with Crippen LogP contribution in [0.25, 0.3) is 21.5 Å². The van der Waals surface area contributed by atoms with Crippen LogP contribution in [0.1, 0.15) is 20.7 Å². The Hall–Kier alpha value is -5.85. The van der Waals surface area contributed by atoms with Crippen LogP contribution in [0, 0.1) is 0 Å². The Bertz CT molecular complexity index is 2090. The van der Waals surface area contributed by atoms with Gasteiger partial charge in [0.25, 0.3) is 10.1 Å². The average molecular weight is 637 g/mol. The number of phenolic OH excluding ortho intramolecular Hbond substituents is 1. The molecule has 5 aromatic rings. The first-order valence-corrected chi connectivity index (χ1v) is 13.4. The van der Waals surface area contributed by atoms with Gasteiger partial charge in [-0.15, -0.1) is 15.3 Å². The molecule has 0 aliphatic heterocycles. The topological polar surface area (TPSA) is 330 Å². The first-order valence-electron chi connectivity index (χ1n) is 11.9. The number of aromatic carboxylic acids is 2. The number of carboxylic acid groups (broad SMARTS) is 2. The first-order chi connectivity index (χ1) is 19.9. The molecule has 15 N–H and O–H groups in total. The van der Waals surface area contributed by atoms with Gasteiger partial charge in [-0.3, -0.25) is 4.55 Å². The van der Waals surface area contributed by atoms with Gasteiger partial charge in [-0.2, -0.15) is 13.5 Å². The van der Waals surface area contributed by atoms with Crippen molar-refractivity contribution in [2.45, 2.75) is 4.90 Å². The second kappa shape index (κ2) is 13.6. The molecule has 45 heavy (non-hydrogen) atoms. The van der Waals surface area contributed by atoms with E-state index in [0.717, 1.165) is 12.1 Å². The Labute approximate surface area is 255 Å².